The van der Waals surface area contributed by atoms with Crippen molar-refractivity contribution in [2.24, 2.45) is 0 Å². The number of aromatic nitrogens is 2. The lowest BCUT2D eigenvalue weighted by atomic mass is 9.99. The predicted molar refractivity (Wildman–Crippen MR) is 96.2 cm³/mol. The summed E-state index contributed by atoms with van der Waals surface area (Å²) in [5.41, 5.74) is 6.67. The first-order valence-corrected chi connectivity index (χ1v) is 7.85. The van der Waals surface area contributed by atoms with E-state index in [1.165, 1.54) is 0 Å². The molecule has 1 aromatic heterocycles. The van der Waals surface area contributed by atoms with Crippen molar-refractivity contribution >= 4 is 16.9 Å². The van der Waals surface area contributed by atoms with E-state index in [0.29, 0.717) is 5.56 Å². The van der Waals surface area contributed by atoms with E-state index < -0.39 is 5.91 Å². The largest absolute Gasteiger partial charge is 0.338 e. The molecule has 0 bridgehead atoms. The van der Waals surface area contributed by atoms with Gasteiger partial charge in [0, 0.05) is 11.1 Å². The molecular formula is C20H15N3O2. The van der Waals surface area contributed by atoms with E-state index in [2.05, 4.69) is 28.2 Å². The molecule has 4 aromatic rings. The quantitative estimate of drug-likeness (QED) is 0.392. The summed E-state index contributed by atoms with van der Waals surface area (Å²) in [5.74, 6) is 0.179. The zero-order valence-corrected chi connectivity index (χ0v) is 13.2. The highest BCUT2D eigenvalue weighted by Crippen LogP contribution is 2.31. The number of benzene rings is 3. The van der Waals surface area contributed by atoms with Crippen LogP contribution in [0.1, 0.15) is 10.4 Å². The number of rotatable bonds is 3. The van der Waals surface area contributed by atoms with Gasteiger partial charge in [0.1, 0.15) is 5.82 Å². The molecule has 5 heteroatoms. The standard InChI is InChI=1S/C20H15N3O2/c24-20(23-25)14-10-11-17-18(12-14)22-19(21-17)16-9-5-4-8-15(16)13-6-2-1-3-7-13/h1-12,25H,(H,21,22)(H,23,24). The third kappa shape index (κ3) is 2.77. The lowest BCUT2D eigenvalue weighted by Gasteiger charge is -2.07. The average molecular weight is 329 g/mol. The van der Waals surface area contributed by atoms with Crippen LogP contribution in [0.4, 0.5) is 0 Å². The zero-order valence-electron chi connectivity index (χ0n) is 13.2. The smallest absolute Gasteiger partial charge is 0.274 e. The summed E-state index contributed by atoms with van der Waals surface area (Å²) in [6.07, 6.45) is 0. The second-order valence-corrected chi connectivity index (χ2v) is 5.67. The molecule has 1 amide bonds. The first kappa shape index (κ1) is 15.1. The number of carbonyl (C=O) groups excluding carboxylic acids is 1. The van der Waals surface area contributed by atoms with Gasteiger partial charge in [0.2, 0.25) is 0 Å². The molecular weight excluding hydrogens is 314 g/mol. The van der Waals surface area contributed by atoms with E-state index in [1.807, 2.05) is 36.4 Å². The van der Waals surface area contributed by atoms with Gasteiger partial charge in [-0.15, -0.1) is 0 Å². The Hall–Kier alpha value is -3.44. The minimum absolute atomic E-state index is 0.363. The van der Waals surface area contributed by atoms with Gasteiger partial charge in [-0.25, -0.2) is 10.5 Å². The Labute approximate surface area is 143 Å². The van der Waals surface area contributed by atoms with Gasteiger partial charge in [-0.05, 0) is 29.3 Å². The Kier molecular flexibility index (Phi) is 3.76. The molecule has 0 aliphatic carbocycles. The Morgan fingerprint density at radius 1 is 0.920 bits per heavy atom. The first-order valence-electron chi connectivity index (χ1n) is 7.85. The molecule has 0 fully saturated rings. The summed E-state index contributed by atoms with van der Waals surface area (Å²) in [5, 5.41) is 8.78. The molecule has 0 aliphatic heterocycles. The van der Waals surface area contributed by atoms with E-state index >= 15 is 0 Å². The van der Waals surface area contributed by atoms with Crippen LogP contribution in [-0.2, 0) is 0 Å². The number of carbonyl (C=O) groups is 1. The molecule has 0 radical (unpaired) electrons. The Balaban J connectivity index is 1.84. The molecule has 25 heavy (non-hydrogen) atoms. The Bertz CT molecular complexity index is 1050. The monoisotopic (exact) mass is 329 g/mol. The van der Waals surface area contributed by atoms with Crippen LogP contribution in [-0.4, -0.2) is 21.1 Å². The number of hydroxylamine groups is 1. The van der Waals surface area contributed by atoms with Crippen molar-refractivity contribution in [1.82, 2.24) is 15.4 Å². The molecule has 0 aliphatic rings. The molecule has 5 nitrogen and oxygen atoms in total. The molecule has 3 N–H and O–H groups in total. The maximum atomic E-state index is 11.6. The molecule has 0 atom stereocenters. The predicted octanol–water partition coefficient (Wildman–Crippen LogP) is 4.02. The van der Waals surface area contributed by atoms with Crippen LogP contribution in [0, 0.1) is 0 Å². The normalized spacial score (nSPS) is 10.8. The number of aromatic amines is 1. The first-order chi connectivity index (χ1) is 12.3. The highest BCUT2D eigenvalue weighted by molar-refractivity contribution is 5.97. The number of hydrogen-bond donors (Lipinski definition) is 3. The van der Waals surface area contributed by atoms with Gasteiger partial charge in [-0.1, -0.05) is 54.6 Å². The number of amides is 1. The van der Waals surface area contributed by atoms with Crippen LogP contribution in [0.2, 0.25) is 0 Å². The summed E-state index contributed by atoms with van der Waals surface area (Å²) in [7, 11) is 0. The zero-order chi connectivity index (χ0) is 17.2. The Morgan fingerprint density at radius 2 is 1.64 bits per heavy atom. The molecule has 0 saturated carbocycles. The van der Waals surface area contributed by atoms with E-state index in [0.717, 1.165) is 33.5 Å². The van der Waals surface area contributed by atoms with Crippen molar-refractivity contribution in [3.05, 3.63) is 78.4 Å². The van der Waals surface area contributed by atoms with Gasteiger partial charge in [0.25, 0.3) is 5.91 Å². The highest BCUT2D eigenvalue weighted by Gasteiger charge is 2.12. The topological polar surface area (TPSA) is 78.0 Å². The van der Waals surface area contributed by atoms with Crippen molar-refractivity contribution in [3.8, 4) is 22.5 Å². The van der Waals surface area contributed by atoms with E-state index in [4.69, 9.17) is 5.21 Å². The molecule has 3 aromatic carbocycles. The van der Waals surface area contributed by atoms with Crippen molar-refractivity contribution in [2.45, 2.75) is 0 Å². The van der Waals surface area contributed by atoms with E-state index in [9.17, 15) is 4.79 Å². The number of fused-ring (bicyclic) bond motifs is 1. The van der Waals surface area contributed by atoms with Gasteiger partial charge in [-0.2, -0.15) is 0 Å². The molecule has 0 unspecified atom stereocenters. The summed E-state index contributed by atoms with van der Waals surface area (Å²) < 4.78 is 0. The molecule has 4 rings (SSSR count). The number of nitrogens with one attached hydrogen (secondary N) is 2. The number of H-pyrrole nitrogens is 1. The second-order valence-electron chi connectivity index (χ2n) is 5.67. The minimum atomic E-state index is -0.553. The molecule has 0 saturated heterocycles. The van der Waals surface area contributed by atoms with Crippen LogP contribution in [0.3, 0.4) is 0 Å². The minimum Gasteiger partial charge on any atom is -0.338 e. The van der Waals surface area contributed by atoms with Crippen LogP contribution in [0.25, 0.3) is 33.5 Å². The second kappa shape index (κ2) is 6.22. The lowest BCUT2D eigenvalue weighted by Crippen LogP contribution is -2.18. The number of hydrogen-bond acceptors (Lipinski definition) is 3. The van der Waals surface area contributed by atoms with Crippen LogP contribution in [0.15, 0.2) is 72.8 Å². The van der Waals surface area contributed by atoms with Crippen LogP contribution >= 0.6 is 0 Å². The van der Waals surface area contributed by atoms with Gasteiger partial charge >= 0.3 is 0 Å². The molecule has 122 valence electrons. The maximum absolute atomic E-state index is 11.6. The number of imidazole rings is 1. The SMILES string of the molecule is O=C(NO)c1ccc2nc(-c3ccccc3-c3ccccc3)[nH]c2c1. The van der Waals surface area contributed by atoms with Crippen LogP contribution < -0.4 is 5.48 Å². The van der Waals surface area contributed by atoms with Crippen molar-refractivity contribution in [3.63, 3.8) is 0 Å². The van der Waals surface area contributed by atoms with Gasteiger partial charge in [0.15, 0.2) is 0 Å². The van der Waals surface area contributed by atoms with Crippen LogP contribution in [0.5, 0.6) is 0 Å². The van der Waals surface area contributed by atoms with E-state index in [1.54, 1.807) is 23.7 Å². The van der Waals surface area contributed by atoms with Gasteiger partial charge in [0.05, 0.1) is 11.0 Å². The summed E-state index contributed by atoms with van der Waals surface area (Å²) in [4.78, 5) is 19.5. The fourth-order valence-corrected chi connectivity index (χ4v) is 2.90. The van der Waals surface area contributed by atoms with Gasteiger partial charge < -0.3 is 4.98 Å². The summed E-state index contributed by atoms with van der Waals surface area (Å²) in [6.45, 7) is 0. The Morgan fingerprint density at radius 3 is 2.40 bits per heavy atom. The summed E-state index contributed by atoms with van der Waals surface area (Å²) in [6, 6.07) is 23.2. The van der Waals surface area contributed by atoms with E-state index in [-0.39, 0.29) is 0 Å². The van der Waals surface area contributed by atoms with Crippen molar-refractivity contribution in [2.75, 3.05) is 0 Å². The fraction of sp³-hybridized carbons (Fsp3) is 0. The number of nitrogens with zero attached hydrogens (tertiary/aromatic N) is 1. The molecule has 0 spiro atoms. The van der Waals surface area contributed by atoms with Crippen molar-refractivity contribution in [1.29, 1.82) is 0 Å². The lowest BCUT2D eigenvalue weighted by molar-refractivity contribution is 0.0706. The molecule has 1 heterocycles. The van der Waals surface area contributed by atoms with Crippen molar-refractivity contribution < 1.29 is 10.0 Å². The highest BCUT2D eigenvalue weighted by atomic mass is 16.5. The third-order valence-electron chi connectivity index (χ3n) is 4.11. The fourth-order valence-electron chi connectivity index (χ4n) is 2.90. The maximum Gasteiger partial charge on any atom is 0.274 e. The summed E-state index contributed by atoms with van der Waals surface area (Å²) >= 11 is 0. The third-order valence-corrected chi connectivity index (χ3v) is 4.11. The average Bonchev–Trinajstić information content (AvgIpc) is 3.11. The van der Waals surface area contributed by atoms with Gasteiger partial charge in [-0.3, -0.25) is 10.0 Å².